The van der Waals surface area contributed by atoms with Crippen molar-refractivity contribution in [1.29, 1.82) is 0 Å². The van der Waals surface area contributed by atoms with Crippen molar-refractivity contribution >= 4 is 18.3 Å². The highest BCUT2D eigenvalue weighted by Crippen LogP contribution is 2.20. The molecule has 5 nitrogen and oxygen atoms in total. The van der Waals surface area contributed by atoms with Crippen molar-refractivity contribution in [2.75, 3.05) is 26.8 Å². The Labute approximate surface area is 138 Å². The molecule has 1 fully saturated rings. The van der Waals surface area contributed by atoms with Gasteiger partial charge in [0.25, 0.3) is 0 Å². The van der Waals surface area contributed by atoms with Crippen LogP contribution in [-0.4, -0.2) is 43.7 Å². The monoisotopic (exact) mass is 330 g/mol. The van der Waals surface area contributed by atoms with E-state index in [-0.39, 0.29) is 24.2 Å². The molecule has 0 aliphatic carbocycles. The van der Waals surface area contributed by atoms with E-state index in [0.29, 0.717) is 25.7 Å². The lowest BCUT2D eigenvalue weighted by atomic mass is 9.92. The molecule has 1 saturated heterocycles. The van der Waals surface area contributed by atoms with Gasteiger partial charge in [0.1, 0.15) is 11.5 Å². The van der Waals surface area contributed by atoms with Crippen LogP contribution in [0, 0.1) is 12.8 Å². The number of amides is 1. The Balaban J connectivity index is 0.00000242. The SMILES string of the molecule is COCCN(Cc1ccc(C)o1)C(=O)[C@H]1CCN[C@@H](C)C1.Cl. The van der Waals surface area contributed by atoms with Gasteiger partial charge in [0, 0.05) is 25.6 Å². The largest absolute Gasteiger partial charge is 0.464 e. The number of ether oxygens (including phenoxy) is 1. The lowest BCUT2D eigenvalue weighted by Gasteiger charge is -2.31. The van der Waals surface area contributed by atoms with Crippen molar-refractivity contribution < 1.29 is 13.9 Å². The maximum Gasteiger partial charge on any atom is 0.226 e. The molecule has 2 heterocycles. The zero-order chi connectivity index (χ0) is 15.2. The number of furan rings is 1. The summed E-state index contributed by atoms with van der Waals surface area (Å²) in [5, 5.41) is 3.39. The van der Waals surface area contributed by atoms with Crippen LogP contribution in [0.2, 0.25) is 0 Å². The van der Waals surface area contributed by atoms with E-state index in [2.05, 4.69) is 12.2 Å². The van der Waals surface area contributed by atoms with Crippen molar-refractivity contribution in [2.24, 2.45) is 5.92 Å². The van der Waals surface area contributed by atoms with Gasteiger partial charge in [-0.25, -0.2) is 0 Å². The molecular weight excluding hydrogens is 304 g/mol. The minimum absolute atomic E-state index is 0. The van der Waals surface area contributed by atoms with Crippen molar-refractivity contribution in [3.8, 4) is 0 Å². The van der Waals surface area contributed by atoms with E-state index in [0.717, 1.165) is 30.9 Å². The fourth-order valence-electron chi connectivity index (χ4n) is 2.84. The molecule has 2 atom stereocenters. The molecule has 1 N–H and O–H groups in total. The molecule has 2 rings (SSSR count). The van der Waals surface area contributed by atoms with Crippen LogP contribution in [0.3, 0.4) is 0 Å². The van der Waals surface area contributed by atoms with E-state index >= 15 is 0 Å². The first-order valence-electron chi connectivity index (χ1n) is 7.66. The van der Waals surface area contributed by atoms with Crippen molar-refractivity contribution in [1.82, 2.24) is 10.2 Å². The summed E-state index contributed by atoms with van der Waals surface area (Å²) in [6, 6.07) is 4.27. The van der Waals surface area contributed by atoms with Crippen LogP contribution in [-0.2, 0) is 16.1 Å². The Hall–Kier alpha value is -1.04. The molecule has 1 aliphatic rings. The van der Waals surface area contributed by atoms with E-state index in [1.54, 1.807) is 7.11 Å². The van der Waals surface area contributed by atoms with Crippen LogP contribution in [0.15, 0.2) is 16.5 Å². The van der Waals surface area contributed by atoms with Gasteiger partial charge in [-0.05, 0) is 45.4 Å². The molecule has 0 aromatic carbocycles. The van der Waals surface area contributed by atoms with Crippen LogP contribution in [0.5, 0.6) is 0 Å². The summed E-state index contributed by atoms with van der Waals surface area (Å²) < 4.78 is 10.7. The second-order valence-electron chi connectivity index (χ2n) is 5.84. The van der Waals surface area contributed by atoms with Crippen LogP contribution in [0.4, 0.5) is 0 Å². The summed E-state index contributed by atoms with van der Waals surface area (Å²) in [5.41, 5.74) is 0. The van der Waals surface area contributed by atoms with Crippen LogP contribution < -0.4 is 5.32 Å². The number of nitrogens with zero attached hydrogens (tertiary/aromatic N) is 1. The first-order chi connectivity index (χ1) is 10.1. The Morgan fingerprint density at radius 3 is 2.86 bits per heavy atom. The molecule has 1 aromatic heterocycles. The Morgan fingerprint density at radius 1 is 1.50 bits per heavy atom. The third-order valence-electron chi connectivity index (χ3n) is 3.99. The number of piperidine rings is 1. The van der Waals surface area contributed by atoms with Gasteiger partial charge >= 0.3 is 0 Å². The number of carbonyl (C=O) groups is 1. The molecular formula is C16H27ClN2O3. The fraction of sp³-hybridized carbons (Fsp3) is 0.688. The lowest BCUT2D eigenvalue weighted by molar-refractivity contribution is -0.138. The highest BCUT2D eigenvalue weighted by molar-refractivity contribution is 5.85. The number of rotatable bonds is 6. The van der Waals surface area contributed by atoms with Gasteiger partial charge in [-0.2, -0.15) is 0 Å². The average Bonchev–Trinajstić information content (AvgIpc) is 2.88. The first kappa shape index (κ1) is 19.0. The molecule has 0 bridgehead atoms. The normalized spacial score (nSPS) is 21.2. The van der Waals surface area contributed by atoms with Crippen molar-refractivity contribution in [2.45, 2.75) is 39.3 Å². The highest BCUT2D eigenvalue weighted by atomic mass is 35.5. The number of aryl methyl sites for hydroxylation is 1. The molecule has 0 radical (unpaired) electrons. The van der Waals surface area contributed by atoms with Crippen LogP contribution >= 0.6 is 12.4 Å². The quantitative estimate of drug-likeness (QED) is 0.870. The molecule has 22 heavy (non-hydrogen) atoms. The minimum Gasteiger partial charge on any atom is -0.464 e. The topological polar surface area (TPSA) is 54.7 Å². The van der Waals surface area contributed by atoms with Crippen LogP contribution in [0.25, 0.3) is 0 Å². The Bertz CT molecular complexity index is 464. The molecule has 0 unspecified atom stereocenters. The van der Waals surface area contributed by atoms with E-state index in [4.69, 9.17) is 9.15 Å². The molecule has 1 aromatic rings. The number of hydrogen-bond donors (Lipinski definition) is 1. The number of carbonyl (C=O) groups excluding carboxylic acids is 1. The van der Waals surface area contributed by atoms with E-state index < -0.39 is 0 Å². The highest BCUT2D eigenvalue weighted by Gasteiger charge is 2.28. The van der Waals surface area contributed by atoms with Gasteiger partial charge < -0.3 is 19.4 Å². The standard InChI is InChI=1S/C16H26N2O3.ClH/c1-12-10-14(6-7-17-12)16(19)18(8-9-20-3)11-15-5-4-13(2)21-15;/h4-5,12,14,17H,6-11H2,1-3H3;1H/t12-,14-;/m0./s1. The van der Waals surface area contributed by atoms with Crippen LogP contribution in [0.1, 0.15) is 31.3 Å². The maximum absolute atomic E-state index is 12.8. The molecule has 1 aliphatic heterocycles. The van der Waals surface area contributed by atoms with Gasteiger partial charge in [0.2, 0.25) is 5.91 Å². The van der Waals surface area contributed by atoms with Gasteiger partial charge in [-0.15, -0.1) is 12.4 Å². The third kappa shape index (κ3) is 5.30. The number of methoxy groups -OCH3 is 1. The molecule has 6 heteroatoms. The summed E-state index contributed by atoms with van der Waals surface area (Å²) in [5.74, 6) is 2.03. The van der Waals surface area contributed by atoms with Crippen molar-refractivity contribution in [3.63, 3.8) is 0 Å². The number of hydrogen-bond acceptors (Lipinski definition) is 4. The molecule has 1 amide bonds. The Morgan fingerprint density at radius 2 is 2.27 bits per heavy atom. The zero-order valence-corrected chi connectivity index (χ0v) is 14.4. The van der Waals surface area contributed by atoms with E-state index in [9.17, 15) is 4.79 Å². The Kier molecular flexibility index (Phi) is 7.93. The average molecular weight is 331 g/mol. The van der Waals surface area contributed by atoms with Gasteiger partial charge in [0.05, 0.1) is 13.2 Å². The van der Waals surface area contributed by atoms with Crippen molar-refractivity contribution in [3.05, 3.63) is 23.7 Å². The molecule has 0 saturated carbocycles. The van der Waals surface area contributed by atoms with Gasteiger partial charge in [0.15, 0.2) is 0 Å². The van der Waals surface area contributed by atoms with Gasteiger partial charge in [-0.1, -0.05) is 0 Å². The summed E-state index contributed by atoms with van der Waals surface area (Å²) in [7, 11) is 1.66. The van der Waals surface area contributed by atoms with E-state index in [1.807, 2.05) is 24.0 Å². The number of nitrogens with one attached hydrogen (secondary N) is 1. The lowest BCUT2D eigenvalue weighted by Crippen LogP contribution is -2.44. The van der Waals surface area contributed by atoms with E-state index in [1.165, 1.54) is 0 Å². The fourth-order valence-corrected chi connectivity index (χ4v) is 2.84. The zero-order valence-electron chi connectivity index (χ0n) is 13.6. The third-order valence-corrected chi connectivity index (χ3v) is 3.99. The maximum atomic E-state index is 12.8. The summed E-state index contributed by atoms with van der Waals surface area (Å²) in [4.78, 5) is 14.6. The van der Waals surface area contributed by atoms with Gasteiger partial charge in [-0.3, -0.25) is 4.79 Å². The first-order valence-corrected chi connectivity index (χ1v) is 7.66. The summed E-state index contributed by atoms with van der Waals surface area (Å²) >= 11 is 0. The summed E-state index contributed by atoms with van der Waals surface area (Å²) in [6.07, 6.45) is 1.81. The second-order valence-corrected chi connectivity index (χ2v) is 5.84. The minimum atomic E-state index is 0. The molecule has 0 spiro atoms. The second kappa shape index (κ2) is 9.18. The predicted molar refractivity (Wildman–Crippen MR) is 88.2 cm³/mol. The molecule has 126 valence electrons. The summed E-state index contributed by atoms with van der Waals surface area (Å²) in [6.45, 7) is 6.64. The predicted octanol–water partition coefficient (Wildman–Crippen LogP) is 2.37. The smallest absolute Gasteiger partial charge is 0.226 e. The number of halogens is 1.